The number of nitrogens with one attached hydrogen (secondary N) is 2. The largest absolute Gasteiger partial charge is 0.406 e. The van der Waals surface area contributed by atoms with Crippen molar-refractivity contribution in [2.75, 3.05) is 5.32 Å². The Morgan fingerprint density at radius 1 is 1.18 bits per heavy atom. The molecule has 172 valence electrons. The standard InChI is InChI=1S/C25H20F3N5O/c1-29-11-9-17(18-5-7-21-22(14-18)31-16-30-21)3-2-4-24(34)32-20-6-8-23-19(13-20)10-12-33(23)15-25(26,27)28/h2-14,16H,1,15H2,(H,30,31)(H,32,34)/b4-2+,11-9-,17-3-. The number of aliphatic imine (C=N–C) groups is 1. The molecular formula is C25H20F3N5O. The predicted octanol–water partition coefficient (Wildman–Crippen LogP) is 5.87. The Balaban J connectivity index is 1.48. The normalized spacial score (nSPS) is 12.9. The van der Waals surface area contributed by atoms with E-state index < -0.39 is 12.7 Å². The molecule has 2 N–H and O–H groups in total. The molecule has 9 heteroatoms. The summed E-state index contributed by atoms with van der Waals surface area (Å²) in [6.45, 7) is 2.38. The number of carbonyl (C=O) groups excluding carboxylic acids is 1. The van der Waals surface area contributed by atoms with Crippen molar-refractivity contribution in [1.29, 1.82) is 0 Å². The lowest BCUT2D eigenvalue weighted by atomic mass is 10.0. The number of allylic oxidation sites excluding steroid dienone is 4. The Morgan fingerprint density at radius 3 is 2.82 bits per heavy atom. The number of aromatic amines is 1. The molecule has 6 nitrogen and oxygen atoms in total. The first-order valence-electron chi connectivity index (χ1n) is 10.2. The first kappa shape index (κ1) is 22.8. The van der Waals surface area contributed by atoms with Crippen LogP contribution in [0.4, 0.5) is 18.9 Å². The van der Waals surface area contributed by atoms with E-state index in [1.165, 1.54) is 12.3 Å². The highest BCUT2D eigenvalue weighted by Gasteiger charge is 2.28. The molecule has 0 bridgehead atoms. The molecule has 4 rings (SSSR count). The van der Waals surface area contributed by atoms with Crippen LogP contribution in [0, 0.1) is 0 Å². The van der Waals surface area contributed by atoms with Gasteiger partial charge in [-0.1, -0.05) is 18.2 Å². The van der Waals surface area contributed by atoms with Crippen LogP contribution < -0.4 is 5.32 Å². The minimum atomic E-state index is -4.31. The summed E-state index contributed by atoms with van der Waals surface area (Å²) in [5.41, 5.74) is 4.35. The van der Waals surface area contributed by atoms with Crippen molar-refractivity contribution in [2.45, 2.75) is 12.7 Å². The number of H-pyrrole nitrogens is 1. The van der Waals surface area contributed by atoms with Gasteiger partial charge in [0.25, 0.3) is 0 Å². The van der Waals surface area contributed by atoms with Crippen LogP contribution >= 0.6 is 0 Å². The number of halogens is 3. The fourth-order valence-electron chi connectivity index (χ4n) is 3.53. The van der Waals surface area contributed by atoms with Crippen LogP contribution in [-0.2, 0) is 11.3 Å². The maximum atomic E-state index is 12.7. The SMILES string of the molecule is C=N\C=C/C(=C/C=C/C(=O)Nc1ccc2c(ccn2CC(F)(F)F)c1)c1ccc2nc[nH]c2c1. The van der Waals surface area contributed by atoms with Crippen LogP contribution in [0.1, 0.15) is 5.56 Å². The van der Waals surface area contributed by atoms with Gasteiger partial charge in [0, 0.05) is 35.1 Å². The maximum absolute atomic E-state index is 12.7. The number of hydrogen-bond acceptors (Lipinski definition) is 3. The topological polar surface area (TPSA) is 75.1 Å². The number of amides is 1. The summed E-state index contributed by atoms with van der Waals surface area (Å²) in [5, 5.41) is 3.32. The van der Waals surface area contributed by atoms with Gasteiger partial charge < -0.3 is 14.9 Å². The summed E-state index contributed by atoms with van der Waals surface area (Å²) in [4.78, 5) is 23.4. The zero-order valence-electron chi connectivity index (χ0n) is 17.9. The molecule has 2 heterocycles. The Hall–Kier alpha value is -4.40. The van der Waals surface area contributed by atoms with Gasteiger partial charge in [-0.3, -0.25) is 9.79 Å². The minimum Gasteiger partial charge on any atom is -0.345 e. The number of aromatic nitrogens is 3. The summed E-state index contributed by atoms with van der Waals surface area (Å²) in [5.74, 6) is -0.375. The minimum absolute atomic E-state index is 0.375. The van der Waals surface area contributed by atoms with Gasteiger partial charge in [-0.2, -0.15) is 13.2 Å². The molecular weight excluding hydrogens is 443 g/mol. The van der Waals surface area contributed by atoms with E-state index in [2.05, 4.69) is 27.0 Å². The zero-order valence-corrected chi connectivity index (χ0v) is 17.9. The van der Waals surface area contributed by atoms with E-state index >= 15 is 0 Å². The van der Waals surface area contributed by atoms with E-state index in [1.54, 1.807) is 55.0 Å². The fourth-order valence-corrected chi connectivity index (χ4v) is 3.53. The molecule has 34 heavy (non-hydrogen) atoms. The predicted molar refractivity (Wildman–Crippen MR) is 129 cm³/mol. The van der Waals surface area contributed by atoms with Gasteiger partial charge in [-0.05, 0) is 60.3 Å². The third-order valence-corrected chi connectivity index (χ3v) is 5.02. The fraction of sp³-hybridized carbons (Fsp3) is 0.0800. The summed E-state index contributed by atoms with van der Waals surface area (Å²) >= 11 is 0. The lowest BCUT2D eigenvalue weighted by molar-refractivity contribution is -0.139. The van der Waals surface area contributed by atoms with Gasteiger partial charge in [0.2, 0.25) is 5.91 Å². The first-order valence-corrected chi connectivity index (χ1v) is 10.2. The van der Waals surface area contributed by atoms with Crippen molar-refractivity contribution in [3.63, 3.8) is 0 Å². The quantitative estimate of drug-likeness (QED) is 0.204. The van der Waals surface area contributed by atoms with E-state index in [0.29, 0.717) is 16.6 Å². The van der Waals surface area contributed by atoms with Crippen molar-refractivity contribution >= 4 is 45.8 Å². The Kier molecular flexibility index (Phi) is 6.44. The monoisotopic (exact) mass is 463 g/mol. The molecule has 2 aromatic heterocycles. The van der Waals surface area contributed by atoms with Crippen LogP contribution in [0.3, 0.4) is 0 Å². The van der Waals surface area contributed by atoms with Crippen LogP contribution in [0.15, 0.2) is 90.5 Å². The molecule has 0 unspecified atom stereocenters. The molecule has 0 aliphatic heterocycles. The molecule has 0 aliphatic carbocycles. The second-order valence-corrected chi connectivity index (χ2v) is 7.44. The van der Waals surface area contributed by atoms with Gasteiger partial charge in [0.15, 0.2) is 0 Å². The summed E-state index contributed by atoms with van der Waals surface area (Å²) in [6, 6.07) is 12.1. The Labute approximate surface area is 192 Å². The number of fused-ring (bicyclic) bond motifs is 2. The average Bonchev–Trinajstić information content (AvgIpc) is 3.41. The van der Waals surface area contributed by atoms with Gasteiger partial charge in [-0.25, -0.2) is 4.98 Å². The lowest BCUT2D eigenvalue weighted by Crippen LogP contribution is -2.16. The molecule has 1 amide bonds. The van der Waals surface area contributed by atoms with Gasteiger partial charge in [0.1, 0.15) is 6.54 Å². The third kappa shape index (κ3) is 5.50. The number of hydrogen-bond donors (Lipinski definition) is 2. The number of imidazole rings is 1. The third-order valence-electron chi connectivity index (χ3n) is 5.02. The number of carbonyl (C=O) groups is 1. The molecule has 2 aromatic carbocycles. The number of anilines is 1. The van der Waals surface area contributed by atoms with Crippen LogP contribution in [-0.4, -0.2) is 33.3 Å². The molecule has 0 aliphatic rings. The highest BCUT2D eigenvalue weighted by molar-refractivity contribution is 6.01. The number of alkyl halides is 3. The van der Waals surface area contributed by atoms with Crippen LogP contribution in [0.5, 0.6) is 0 Å². The highest BCUT2D eigenvalue weighted by Crippen LogP contribution is 2.25. The van der Waals surface area contributed by atoms with Gasteiger partial charge >= 0.3 is 6.18 Å². The van der Waals surface area contributed by atoms with Gasteiger partial charge in [0.05, 0.1) is 17.4 Å². The lowest BCUT2D eigenvalue weighted by Gasteiger charge is -2.09. The van der Waals surface area contributed by atoms with E-state index in [0.717, 1.165) is 26.7 Å². The van der Waals surface area contributed by atoms with E-state index in [9.17, 15) is 18.0 Å². The van der Waals surface area contributed by atoms with E-state index in [-0.39, 0.29) is 5.91 Å². The second kappa shape index (κ2) is 9.62. The number of benzene rings is 2. The summed E-state index contributed by atoms with van der Waals surface area (Å²) in [6.07, 6.45) is 6.74. The van der Waals surface area contributed by atoms with Crippen molar-refractivity contribution in [3.05, 3.63) is 91.1 Å². The van der Waals surface area contributed by atoms with Crippen molar-refractivity contribution in [3.8, 4) is 0 Å². The van der Waals surface area contributed by atoms with Crippen LogP contribution in [0.25, 0.3) is 27.5 Å². The first-order chi connectivity index (χ1) is 16.3. The Bertz CT molecular complexity index is 1440. The summed E-state index contributed by atoms with van der Waals surface area (Å²) in [7, 11) is 0. The Morgan fingerprint density at radius 2 is 2.03 bits per heavy atom. The van der Waals surface area contributed by atoms with Crippen molar-refractivity contribution in [2.24, 2.45) is 4.99 Å². The molecule has 0 saturated heterocycles. The smallest absolute Gasteiger partial charge is 0.345 e. The number of rotatable bonds is 7. The zero-order chi connectivity index (χ0) is 24.1. The molecule has 0 fully saturated rings. The van der Waals surface area contributed by atoms with E-state index in [1.807, 2.05) is 18.2 Å². The average molecular weight is 463 g/mol. The highest BCUT2D eigenvalue weighted by atomic mass is 19.4. The maximum Gasteiger partial charge on any atom is 0.406 e. The summed E-state index contributed by atoms with van der Waals surface area (Å²) < 4.78 is 39.2. The van der Waals surface area contributed by atoms with Crippen molar-refractivity contribution in [1.82, 2.24) is 14.5 Å². The molecule has 4 aromatic rings. The van der Waals surface area contributed by atoms with E-state index in [4.69, 9.17) is 0 Å². The number of nitrogens with zero attached hydrogens (tertiary/aromatic N) is 3. The molecule has 0 saturated carbocycles. The molecule has 0 radical (unpaired) electrons. The molecule has 0 atom stereocenters. The van der Waals surface area contributed by atoms with Gasteiger partial charge in [-0.15, -0.1) is 0 Å². The van der Waals surface area contributed by atoms with Crippen LogP contribution in [0.2, 0.25) is 0 Å². The van der Waals surface area contributed by atoms with Crippen molar-refractivity contribution < 1.29 is 18.0 Å². The second-order valence-electron chi connectivity index (χ2n) is 7.44. The molecule has 0 spiro atoms.